The fraction of sp³-hybridized carbons (Fsp3) is 0.200. The zero-order valence-electron chi connectivity index (χ0n) is 11.8. The Hall–Kier alpha value is -2.76. The summed E-state index contributed by atoms with van der Waals surface area (Å²) in [7, 11) is 1.61. The molecule has 0 spiro atoms. The van der Waals surface area contributed by atoms with Gasteiger partial charge in [-0.15, -0.1) is 0 Å². The highest BCUT2D eigenvalue weighted by Gasteiger charge is 2.13. The van der Waals surface area contributed by atoms with Gasteiger partial charge in [-0.2, -0.15) is 0 Å². The van der Waals surface area contributed by atoms with Crippen molar-refractivity contribution < 1.29 is 14.1 Å². The molecular formula is C15H15N3O3. The number of aryl methyl sites for hydroxylation is 1. The van der Waals surface area contributed by atoms with Crippen LogP contribution in [0.1, 0.15) is 11.3 Å². The van der Waals surface area contributed by atoms with Crippen molar-refractivity contribution in [1.29, 1.82) is 0 Å². The first kappa shape index (κ1) is 13.2. The number of hydrogen-bond acceptors (Lipinski definition) is 4. The molecule has 1 amide bonds. The number of aromatic nitrogens is 2. The molecule has 0 radical (unpaired) electrons. The lowest BCUT2D eigenvalue weighted by atomic mass is 10.1. The van der Waals surface area contributed by atoms with Crippen LogP contribution < -0.4 is 10.1 Å². The number of hydrogen-bond donors (Lipinski definition) is 2. The van der Waals surface area contributed by atoms with E-state index in [0.717, 1.165) is 22.2 Å². The highest BCUT2D eigenvalue weighted by Crippen LogP contribution is 2.28. The standard InChI is InChI=1S/C15H15N3O3/c1-9-6-13(18-21-9)17-14(19)7-10-8-16-11-4-3-5-12(20-2)15(10)11/h3-6,8,16H,7H2,1-2H3,(H,17,18,19). The van der Waals surface area contributed by atoms with Crippen molar-refractivity contribution in [2.24, 2.45) is 0 Å². The Morgan fingerprint density at radius 1 is 1.48 bits per heavy atom. The van der Waals surface area contributed by atoms with Gasteiger partial charge in [-0.1, -0.05) is 11.2 Å². The minimum absolute atomic E-state index is 0.157. The first-order valence-corrected chi connectivity index (χ1v) is 6.53. The number of nitrogens with zero attached hydrogens (tertiary/aromatic N) is 1. The number of fused-ring (bicyclic) bond motifs is 1. The molecule has 0 aliphatic carbocycles. The van der Waals surface area contributed by atoms with E-state index >= 15 is 0 Å². The maximum Gasteiger partial charge on any atom is 0.230 e. The summed E-state index contributed by atoms with van der Waals surface area (Å²) in [5.74, 6) is 1.66. The van der Waals surface area contributed by atoms with Gasteiger partial charge in [-0.3, -0.25) is 4.79 Å². The van der Waals surface area contributed by atoms with Crippen molar-refractivity contribution in [3.8, 4) is 5.75 Å². The molecule has 0 unspecified atom stereocenters. The van der Waals surface area contributed by atoms with Crippen molar-refractivity contribution in [2.75, 3.05) is 12.4 Å². The Labute approximate surface area is 121 Å². The number of ether oxygens (including phenoxy) is 1. The van der Waals surface area contributed by atoms with Gasteiger partial charge in [-0.05, 0) is 24.6 Å². The molecule has 0 saturated heterocycles. The average molecular weight is 285 g/mol. The predicted molar refractivity (Wildman–Crippen MR) is 78.4 cm³/mol. The Morgan fingerprint density at radius 3 is 3.05 bits per heavy atom. The Kier molecular flexibility index (Phi) is 3.35. The largest absolute Gasteiger partial charge is 0.496 e. The number of carbonyl (C=O) groups is 1. The van der Waals surface area contributed by atoms with E-state index in [1.807, 2.05) is 24.4 Å². The molecule has 6 nitrogen and oxygen atoms in total. The maximum atomic E-state index is 12.1. The van der Waals surface area contributed by atoms with Crippen molar-refractivity contribution in [2.45, 2.75) is 13.3 Å². The van der Waals surface area contributed by atoms with Gasteiger partial charge < -0.3 is 19.6 Å². The fourth-order valence-corrected chi connectivity index (χ4v) is 2.31. The van der Waals surface area contributed by atoms with Gasteiger partial charge in [0.2, 0.25) is 5.91 Å². The molecule has 108 valence electrons. The number of nitrogens with one attached hydrogen (secondary N) is 2. The summed E-state index contributed by atoms with van der Waals surface area (Å²) in [6.07, 6.45) is 2.05. The smallest absolute Gasteiger partial charge is 0.230 e. The van der Waals surface area contributed by atoms with Crippen LogP contribution in [-0.4, -0.2) is 23.2 Å². The second-order valence-electron chi connectivity index (χ2n) is 4.74. The summed E-state index contributed by atoms with van der Waals surface area (Å²) in [6, 6.07) is 7.40. The Morgan fingerprint density at radius 2 is 2.33 bits per heavy atom. The molecule has 2 N–H and O–H groups in total. The van der Waals surface area contributed by atoms with E-state index in [2.05, 4.69) is 15.5 Å². The van der Waals surface area contributed by atoms with Crippen molar-refractivity contribution in [3.63, 3.8) is 0 Å². The fourth-order valence-electron chi connectivity index (χ4n) is 2.31. The van der Waals surface area contributed by atoms with E-state index in [1.54, 1.807) is 20.1 Å². The topological polar surface area (TPSA) is 80.2 Å². The minimum atomic E-state index is -0.157. The summed E-state index contributed by atoms with van der Waals surface area (Å²) in [6.45, 7) is 1.77. The monoisotopic (exact) mass is 285 g/mol. The molecule has 0 aliphatic heterocycles. The molecule has 0 bridgehead atoms. The van der Waals surface area contributed by atoms with Gasteiger partial charge in [0.1, 0.15) is 11.5 Å². The van der Waals surface area contributed by atoms with Gasteiger partial charge in [-0.25, -0.2) is 0 Å². The lowest BCUT2D eigenvalue weighted by Crippen LogP contribution is -2.14. The normalized spacial score (nSPS) is 10.8. The maximum absolute atomic E-state index is 12.1. The van der Waals surface area contributed by atoms with Crippen LogP contribution in [0.4, 0.5) is 5.82 Å². The summed E-state index contributed by atoms with van der Waals surface area (Å²) in [4.78, 5) is 15.2. The molecule has 0 saturated carbocycles. The van der Waals surface area contributed by atoms with Gasteiger partial charge in [0, 0.05) is 23.2 Å². The third-order valence-electron chi connectivity index (χ3n) is 3.22. The number of benzene rings is 1. The number of aromatic amines is 1. The van der Waals surface area contributed by atoms with Gasteiger partial charge in [0.15, 0.2) is 5.82 Å². The third kappa shape index (κ3) is 2.60. The number of amides is 1. The second kappa shape index (κ2) is 5.32. The second-order valence-corrected chi connectivity index (χ2v) is 4.74. The quantitative estimate of drug-likeness (QED) is 0.772. The highest BCUT2D eigenvalue weighted by molar-refractivity contribution is 5.97. The van der Waals surface area contributed by atoms with Crippen LogP contribution in [0.15, 0.2) is 35.0 Å². The number of H-pyrrole nitrogens is 1. The highest BCUT2D eigenvalue weighted by atomic mass is 16.5. The van der Waals surface area contributed by atoms with Crippen molar-refractivity contribution >= 4 is 22.6 Å². The molecule has 0 atom stereocenters. The van der Waals surface area contributed by atoms with E-state index in [-0.39, 0.29) is 12.3 Å². The molecule has 0 fully saturated rings. The van der Waals surface area contributed by atoms with Crippen LogP contribution in [0.5, 0.6) is 5.75 Å². The molecule has 3 rings (SSSR count). The van der Waals surface area contributed by atoms with Crippen molar-refractivity contribution in [1.82, 2.24) is 10.1 Å². The van der Waals surface area contributed by atoms with Crippen LogP contribution in [0.2, 0.25) is 0 Å². The van der Waals surface area contributed by atoms with E-state index in [4.69, 9.17) is 9.26 Å². The number of methoxy groups -OCH3 is 1. The van der Waals surface area contributed by atoms with Gasteiger partial charge >= 0.3 is 0 Å². The average Bonchev–Trinajstić information content (AvgIpc) is 3.05. The van der Waals surface area contributed by atoms with Crippen LogP contribution in [0, 0.1) is 6.92 Å². The summed E-state index contributed by atoms with van der Waals surface area (Å²) in [5.41, 5.74) is 1.81. The summed E-state index contributed by atoms with van der Waals surface area (Å²) >= 11 is 0. The lowest BCUT2D eigenvalue weighted by molar-refractivity contribution is -0.115. The van der Waals surface area contributed by atoms with E-state index in [1.165, 1.54) is 0 Å². The minimum Gasteiger partial charge on any atom is -0.496 e. The van der Waals surface area contributed by atoms with Crippen LogP contribution >= 0.6 is 0 Å². The predicted octanol–water partition coefficient (Wildman–Crippen LogP) is 2.65. The van der Waals surface area contributed by atoms with Gasteiger partial charge in [0.05, 0.1) is 13.5 Å². The van der Waals surface area contributed by atoms with Crippen LogP contribution in [0.3, 0.4) is 0 Å². The summed E-state index contributed by atoms with van der Waals surface area (Å²) in [5, 5.41) is 7.37. The first-order valence-electron chi connectivity index (χ1n) is 6.53. The SMILES string of the molecule is COc1cccc2[nH]cc(CC(=O)Nc3cc(C)on3)c12. The van der Waals surface area contributed by atoms with Gasteiger partial charge in [0.25, 0.3) is 0 Å². The number of rotatable bonds is 4. The Balaban J connectivity index is 1.83. The Bertz CT molecular complexity index is 788. The third-order valence-corrected chi connectivity index (χ3v) is 3.22. The molecule has 2 heterocycles. The van der Waals surface area contributed by atoms with E-state index in [9.17, 15) is 4.79 Å². The molecule has 0 aliphatic rings. The zero-order chi connectivity index (χ0) is 14.8. The molecule has 2 aromatic heterocycles. The van der Waals surface area contributed by atoms with Crippen LogP contribution in [-0.2, 0) is 11.2 Å². The number of anilines is 1. The van der Waals surface area contributed by atoms with E-state index < -0.39 is 0 Å². The summed E-state index contributed by atoms with van der Waals surface area (Å²) < 4.78 is 10.3. The molecule has 3 aromatic rings. The first-order chi connectivity index (χ1) is 10.2. The zero-order valence-corrected chi connectivity index (χ0v) is 11.8. The molecular weight excluding hydrogens is 270 g/mol. The molecule has 1 aromatic carbocycles. The van der Waals surface area contributed by atoms with Crippen molar-refractivity contribution in [3.05, 3.63) is 41.8 Å². The van der Waals surface area contributed by atoms with E-state index in [0.29, 0.717) is 11.6 Å². The van der Waals surface area contributed by atoms with Crippen LogP contribution in [0.25, 0.3) is 10.9 Å². The number of carbonyl (C=O) groups excluding carboxylic acids is 1. The molecule has 6 heteroatoms. The molecule has 21 heavy (non-hydrogen) atoms. The lowest BCUT2D eigenvalue weighted by Gasteiger charge is -2.04.